The third-order valence-electron chi connectivity index (χ3n) is 5.10. The second-order valence-electron chi connectivity index (χ2n) is 7.41. The van der Waals surface area contributed by atoms with Gasteiger partial charge in [-0.1, -0.05) is 29.8 Å². The van der Waals surface area contributed by atoms with Gasteiger partial charge in [-0.15, -0.1) is 24.0 Å². The maximum absolute atomic E-state index is 12.6. The lowest BCUT2D eigenvalue weighted by atomic mass is 10.1. The van der Waals surface area contributed by atoms with Crippen LogP contribution in [0.5, 0.6) is 0 Å². The van der Waals surface area contributed by atoms with Crippen molar-refractivity contribution in [1.82, 2.24) is 20.5 Å². The summed E-state index contributed by atoms with van der Waals surface area (Å²) in [5, 5.41) is 7.11. The first-order valence-corrected chi connectivity index (χ1v) is 11.0. The number of aromatic nitrogens is 1. The van der Waals surface area contributed by atoms with Crippen molar-refractivity contribution >= 4 is 47.4 Å². The van der Waals surface area contributed by atoms with E-state index in [1.54, 1.807) is 12.3 Å². The van der Waals surface area contributed by atoms with Crippen molar-refractivity contribution < 1.29 is 4.79 Å². The Hall–Kier alpha value is -1.87. The third kappa shape index (κ3) is 8.29. The number of piperidine rings is 1. The zero-order chi connectivity index (χ0) is 21.2. The van der Waals surface area contributed by atoms with E-state index < -0.39 is 0 Å². The minimum absolute atomic E-state index is 0. The predicted molar refractivity (Wildman–Crippen MR) is 137 cm³/mol. The van der Waals surface area contributed by atoms with Gasteiger partial charge in [0.1, 0.15) is 5.15 Å². The van der Waals surface area contributed by atoms with Crippen molar-refractivity contribution in [3.8, 4) is 0 Å². The summed E-state index contributed by atoms with van der Waals surface area (Å²) >= 11 is 5.83. The Labute approximate surface area is 206 Å². The van der Waals surface area contributed by atoms with Gasteiger partial charge in [-0.25, -0.2) is 9.98 Å². The third-order valence-corrected chi connectivity index (χ3v) is 5.33. The van der Waals surface area contributed by atoms with E-state index >= 15 is 0 Å². The summed E-state index contributed by atoms with van der Waals surface area (Å²) in [6, 6.07) is 11.6. The molecule has 0 radical (unpaired) electrons. The Morgan fingerprint density at radius 3 is 2.42 bits per heavy atom. The molecule has 2 N–H and O–H groups in total. The fraction of sp³-hybridized carbons (Fsp3) is 0.435. The SMILES string of the molecule is CCNC(=NCc1ccc(C(=O)N2CCCCC2)cc1)NCCc1ccc(Cl)nc1.I. The topological polar surface area (TPSA) is 69.6 Å². The van der Waals surface area contributed by atoms with Crippen molar-refractivity contribution in [2.45, 2.75) is 39.2 Å². The molecule has 8 heteroatoms. The van der Waals surface area contributed by atoms with Crippen molar-refractivity contribution in [2.75, 3.05) is 26.2 Å². The molecule has 6 nitrogen and oxygen atoms in total. The Kier molecular flexibility index (Phi) is 11.1. The molecule has 0 atom stereocenters. The van der Waals surface area contributed by atoms with Crippen molar-refractivity contribution in [3.05, 3.63) is 64.4 Å². The fourth-order valence-electron chi connectivity index (χ4n) is 3.42. The number of aliphatic imine (C=N–C) groups is 1. The number of amides is 1. The molecular formula is C23H31ClIN5O. The number of hydrogen-bond acceptors (Lipinski definition) is 3. The fourth-order valence-corrected chi connectivity index (χ4v) is 3.54. The number of rotatable bonds is 7. The molecule has 0 unspecified atom stereocenters. The lowest BCUT2D eigenvalue weighted by molar-refractivity contribution is 0.0724. The monoisotopic (exact) mass is 555 g/mol. The van der Waals surface area contributed by atoms with Gasteiger partial charge in [0.2, 0.25) is 0 Å². The maximum atomic E-state index is 12.6. The average molecular weight is 556 g/mol. The molecule has 1 aromatic carbocycles. The number of hydrogen-bond donors (Lipinski definition) is 2. The van der Waals surface area contributed by atoms with Crippen LogP contribution in [0.25, 0.3) is 0 Å². The number of pyridine rings is 1. The number of likely N-dealkylation sites (tertiary alicyclic amines) is 1. The summed E-state index contributed by atoms with van der Waals surface area (Å²) in [6.45, 7) is 5.87. The number of carbonyl (C=O) groups excluding carboxylic acids is 1. The average Bonchev–Trinajstić information content (AvgIpc) is 2.79. The van der Waals surface area contributed by atoms with Gasteiger partial charge in [0, 0.05) is 37.9 Å². The molecule has 1 aliphatic rings. The Balaban J connectivity index is 0.00000341. The first-order valence-electron chi connectivity index (χ1n) is 10.7. The van der Waals surface area contributed by atoms with E-state index in [2.05, 4.69) is 20.6 Å². The van der Waals surface area contributed by atoms with E-state index in [4.69, 9.17) is 11.6 Å². The Morgan fingerprint density at radius 2 is 1.77 bits per heavy atom. The quantitative estimate of drug-likeness (QED) is 0.232. The number of nitrogens with one attached hydrogen (secondary N) is 2. The van der Waals surface area contributed by atoms with Gasteiger partial charge in [-0.2, -0.15) is 0 Å². The Bertz CT molecular complexity index is 836. The van der Waals surface area contributed by atoms with Crippen molar-refractivity contribution in [1.29, 1.82) is 0 Å². The molecule has 168 valence electrons. The first kappa shape index (κ1) is 25.4. The number of carbonyl (C=O) groups is 1. The molecular weight excluding hydrogens is 525 g/mol. The van der Waals surface area contributed by atoms with Crippen LogP contribution in [0.15, 0.2) is 47.6 Å². The number of nitrogens with zero attached hydrogens (tertiary/aromatic N) is 3. The van der Waals surface area contributed by atoms with Crippen LogP contribution in [0.3, 0.4) is 0 Å². The molecule has 2 heterocycles. The van der Waals surface area contributed by atoms with E-state index in [1.807, 2.05) is 42.2 Å². The summed E-state index contributed by atoms with van der Waals surface area (Å²) in [6.07, 6.45) is 6.06. The van der Waals surface area contributed by atoms with Crippen LogP contribution in [-0.4, -0.2) is 47.9 Å². The molecule has 1 saturated heterocycles. The van der Waals surface area contributed by atoms with E-state index in [0.717, 1.165) is 68.1 Å². The second-order valence-corrected chi connectivity index (χ2v) is 7.80. The van der Waals surface area contributed by atoms with Crippen LogP contribution >= 0.6 is 35.6 Å². The van der Waals surface area contributed by atoms with Gasteiger partial charge in [0.25, 0.3) is 5.91 Å². The van der Waals surface area contributed by atoms with Gasteiger partial charge < -0.3 is 15.5 Å². The largest absolute Gasteiger partial charge is 0.357 e. The second kappa shape index (κ2) is 13.5. The standard InChI is InChI=1S/C23H30ClN5O.HI/c1-2-25-23(26-13-12-19-8-11-21(24)27-16-19)28-17-18-6-9-20(10-7-18)22(30)29-14-4-3-5-15-29;/h6-11,16H,2-5,12-15,17H2,1H3,(H2,25,26,28);1H. The van der Waals surface area contributed by atoms with Crippen molar-refractivity contribution in [3.63, 3.8) is 0 Å². The minimum atomic E-state index is 0. The summed E-state index contributed by atoms with van der Waals surface area (Å²) in [5.41, 5.74) is 2.95. The van der Waals surface area contributed by atoms with Gasteiger partial charge in [-0.3, -0.25) is 4.79 Å². The van der Waals surface area contributed by atoms with Crippen LogP contribution < -0.4 is 10.6 Å². The molecule has 1 aliphatic heterocycles. The van der Waals surface area contributed by atoms with Gasteiger partial charge in [-0.05, 0) is 61.9 Å². The molecule has 0 spiro atoms. The zero-order valence-electron chi connectivity index (χ0n) is 17.9. The first-order chi connectivity index (χ1) is 14.7. The summed E-state index contributed by atoms with van der Waals surface area (Å²) < 4.78 is 0. The Morgan fingerprint density at radius 1 is 1.06 bits per heavy atom. The predicted octanol–water partition coefficient (Wildman–Crippen LogP) is 4.28. The highest BCUT2D eigenvalue weighted by atomic mass is 127. The lowest BCUT2D eigenvalue weighted by Gasteiger charge is -2.26. The number of halogens is 2. The summed E-state index contributed by atoms with van der Waals surface area (Å²) in [7, 11) is 0. The van der Waals surface area contributed by atoms with Crippen LogP contribution in [0.1, 0.15) is 47.7 Å². The van der Waals surface area contributed by atoms with E-state index in [9.17, 15) is 4.79 Å². The highest BCUT2D eigenvalue weighted by Gasteiger charge is 2.17. The number of benzene rings is 1. The minimum Gasteiger partial charge on any atom is -0.357 e. The van der Waals surface area contributed by atoms with Crippen LogP contribution in [0.4, 0.5) is 0 Å². The van der Waals surface area contributed by atoms with E-state index in [0.29, 0.717) is 11.7 Å². The molecule has 2 aromatic rings. The molecule has 0 saturated carbocycles. The highest BCUT2D eigenvalue weighted by molar-refractivity contribution is 14.0. The van der Waals surface area contributed by atoms with Gasteiger partial charge in [0.15, 0.2) is 5.96 Å². The molecule has 1 aromatic heterocycles. The molecule has 3 rings (SSSR count). The summed E-state index contributed by atoms with van der Waals surface area (Å²) in [4.78, 5) is 23.3. The lowest BCUT2D eigenvalue weighted by Crippen LogP contribution is -2.38. The van der Waals surface area contributed by atoms with Crippen LogP contribution in [-0.2, 0) is 13.0 Å². The molecule has 0 aliphatic carbocycles. The van der Waals surface area contributed by atoms with Crippen LogP contribution in [0.2, 0.25) is 5.15 Å². The highest BCUT2D eigenvalue weighted by Crippen LogP contribution is 2.14. The van der Waals surface area contributed by atoms with Gasteiger partial charge >= 0.3 is 0 Å². The normalized spacial score (nSPS) is 14.0. The summed E-state index contributed by atoms with van der Waals surface area (Å²) in [5.74, 6) is 0.907. The molecule has 0 bridgehead atoms. The van der Waals surface area contributed by atoms with E-state index in [-0.39, 0.29) is 29.9 Å². The zero-order valence-corrected chi connectivity index (χ0v) is 21.0. The van der Waals surface area contributed by atoms with Crippen molar-refractivity contribution in [2.24, 2.45) is 4.99 Å². The number of guanidine groups is 1. The smallest absolute Gasteiger partial charge is 0.253 e. The van der Waals surface area contributed by atoms with Crippen LogP contribution in [0, 0.1) is 0 Å². The molecule has 1 fully saturated rings. The molecule has 31 heavy (non-hydrogen) atoms. The van der Waals surface area contributed by atoms with Gasteiger partial charge in [0.05, 0.1) is 6.54 Å². The molecule has 1 amide bonds. The maximum Gasteiger partial charge on any atom is 0.253 e. The van der Waals surface area contributed by atoms with E-state index in [1.165, 1.54) is 6.42 Å².